The van der Waals surface area contributed by atoms with Gasteiger partial charge in [0.05, 0.1) is 26.2 Å². The minimum absolute atomic E-state index is 0.000357. The maximum Gasteiger partial charge on any atom is 0.279 e. The van der Waals surface area contributed by atoms with E-state index in [1.807, 2.05) is 71.1 Å². The van der Waals surface area contributed by atoms with Gasteiger partial charge in [-0.2, -0.15) is 0 Å². The third kappa shape index (κ3) is 7.67. The molecular weight excluding hydrogens is 424 g/mol. The number of hydrogen-bond acceptors (Lipinski definition) is 3. The summed E-state index contributed by atoms with van der Waals surface area (Å²) in [5, 5.41) is 6.20. The monoisotopic (exact) mass is 467 g/mol. The predicted molar refractivity (Wildman–Crippen MR) is 142 cm³/mol. The molecule has 2 rings (SSSR count). The van der Waals surface area contributed by atoms with Gasteiger partial charge in [0.1, 0.15) is 0 Å². The lowest BCUT2D eigenvalue weighted by atomic mass is 10.1. The van der Waals surface area contributed by atoms with Gasteiger partial charge in [0.2, 0.25) is 5.91 Å². The first-order chi connectivity index (χ1) is 16.1. The van der Waals surface area contributed by atoms with E-state index in [-0.39, 0.29) is 11.8 Å². The largest absolute Gasteiger partial charge is 0.324 e. The fourth-order valence-electron chi connectivity index (χ4n) is 4.53. The molecule has 2 aromatic rings. The van der Waals surface area contributed by atoms with Crippen molar-refractivity contribution < 1.29 is 14.1 Å². The summed E-state index contributed by atoms with van der Waals surface area (Å²) in [6.07, 6.45) is 0.922. The molecule has 2 aromatic carbocycles. The summed E-state index contributed by atoms with van der Waals surface area (Å²) in [6.45, 7) is 16.7. The number of hydrogen-bond donors (Lipinski definition) is 2. The molecule has 6 heteroatoms. The van der Waals surface area contributed by atoms with E-state index in [1.165, 1.54) is 0 Å². The number of para-hydroxylation sites is 2. The lowest BCUT2D eigenvalue weighted by molar-refractivity contribution is -0.917. The number of nitrogens with one attached hydrogen (secondary N) is 2. The van der Waals surface area contributed by atoms with Crippen molar-refractivity contribution in [2.45, 2.75) is 48.0 Å². The van der Waals surface area contributed by atoms with Crippen LogP contribution in [-0.2, 0) is 9.59 Å². The third-order valence-electron chi connectivity index (χ3n) is 6.90. The van der Waals surface area contributed by atoms with Gasteiger partial charge in [-0.3, -0.25) is 14.5 Å². The number of likely N-dealkylation sites (N-methyl/N-ethyl adjacent to an activating group) is 2. The van der Waals surface area contributed by atoms with Gasteiger partial charge in [0, 0.05) is 24.3 Å². The maximum absolute atomic E-state index is 12.9. The lowest BCUT2D eigenvalue weighted by Gasteiger charge is -2.36. The average molecular weight is 468 g/mol. The Kier molecular flexibility index (Phi) is 10.3. The molecule has 0 radical (unpaired) electrons. The van der Waals surface area contributed by atoms with Crippen molar-refractivity contribution in [3.63, 3.8) is 0 Å². The number of amides is 2. The van der Waals surface area contributed by atoms with E-state index in [9.17, 15) is 9.59 Å². The van der Waals surface area contributed by atoms with Gasteiger partial charge in [0.25, 0.3) is 5.91 Å². The number of carbonyl (C=O) groups is 2. The van der Waals surface area contributed by atoms with Crippen LogP contribution < -0.4 is 10.6 Å². The number of rotatable bonds is 12. The van der Waals surface area contributed by atoms with Gasteiger partial charge in [-0.25, -0.2) is 0 Å². The molecule has 0 saturated heterocycles. The Hall–Kier alpha value is -2.70. The molecule has 2 N–H and O–H groups in total. The van der Waals surface area contributed by atoms with E-state index >= 15 is 0 Å². The molecule has 6 nitrogen and oxygen atoms in total. The van der Waals surface area contributed by atoms with Crippen molar-refractivity contribution in [2.24, 2.45) is 0 Å². The van der Waals surface area contributed by atoms with E-state index in [4.69, 9.17) is 0 Å². The van der Waals surface area contributed by atoms with E-state index in [1.54, 1.807) is 0 Å². The fraction of sp³-hybridized carbons (Fsp3) is 0.500. The van der Waals surface area contributed by atoms with Crippen LogP contribution in [-0.4, -0.2) is 67.5 Å². The third-order valence-corrected chi connectivity index (χ3v) is 6.90. The first-order valence-corrected chi connectivity index (χ1v) is 12.4. The molecule has 0 aliphatic heterocycles. The first kappa shape index (κ1) is 27.5. The Bertz CT molecular complexity index is 942. The van der Waals surface area contributed by atoms with Crippen molar-refractivity contribution in [2.75, 3.05) is 56.9 Å². The Morgan fingerprint density at radius 2 is 1.24 bits per heavy atom. The second-order valence-electron chi connectivity index (χ2n) is 9.58. The van der Waals surface area contributed by atoms with E-state index in [0.29, 0.717) is 13.1 Å². The minimum atomic E-state index is -0.000357. The molecule has 0 aliphatic carbocycles. The SMILES string of the molecule is CC[N+](CC)(CCCN(C)CC(=O)Nc1c(C)cccc1C)CC(=O)Nc1c(C)cccc1C. The van der Waals surface area contributed by atoms with Gasteiger partial charge < -0.3 is 15.1 Å². The summed E-state index contributed by atoms with van der Waals surface area (Å²) in [5.74, 6) is 0.0575. The zero-order chi connectivity index (χ0) is 25.3. The molecule has 0 unspecified atom stereocenters. The number of benzene rings is 2. The predicted octanol–water partition coefficient (Wildman–Crippen LogP) is 4.68. The van der Waals surface area contributed by atoms with Crippen molar-refractivity contribution in [3.8, 4) is 0 Å². The standard InChI is InChI=1S/C28H42N4O2/c1-8-32(9-2,20-26(34)30-28-23(5)15-11-16-24(28)6)18-12-17-31(7)19-25(33)29-27-21(3)13-10-14-22(27)4/h10-11,13-16H,8-9,12,17-20H2,1-7H3,(H-,29,30,33,34)/p+1. The van der Waals surface area contributed by atoms with Gasteiger partial charge in [-0.1, -0.05) is 36.4 Å². The van der Waals surface area contributed by atoms with Crippen molar-refractivity contribution in [3.05, 3.63) is 58.7 Å². The van der Waals surface area contributed by atoms with Gasteiger partial charge in [0.15, 0.2) is 6.54 Å². The molecule has 34 heavy (non-hydrogen) atoms. The molecule has 2 amide bonds. The zero-order valence-corrected chi connectivity index (χ0v) is 22.1. The second-order valence-corrected chi connectivity index (χ2v) is 9.58. The molecule has 0 aromatic heterocycles. The average Bonchev–Trinajstić information content (AvgIpc) is 2.78. The van der Waals surface area contributed by atoms with E-state index in [0.717, 1.165) is 70.7 Å². The van der Waals surface area contributed by atoms with Crippen LogP contribution in [0.3, 0.4) is 0 Å². The lowest BCUT2D eigenvalue weighted by Crippen LogP contribution is -2.53. The van der Waals surface area contributed by atoms with Crippen LogP contribution in [0, 0.1) is 27.7 Å². The highest BCUT2D eigenvalue weighted by atomic mass is 16.2. The summed E-state index contributed by atoms with van der Waals surface area (Å²) in [4.78, 5) is 27.6. The Labute approximate surface area is 205 Å². The summed E-state index contributed by atoms with van der Waals surface area (Å²) in [7, 11) is 1.98. The Morgan fingerprint density at radius 3 is 1.68 bits per heavy atom. The maximum atomic E-state index is 12.9. The highest BCUT2D eigenvalue weighted by molar-refractivity contribution is 5.94. The number of aryl methyl sites for hydroxylation is 4. The number of anilines is 2. The topological polar surface area (TPSA) is 61.4 Å². The molecule has 0 spiro atoms. The van der Waals surface area contributed by atoms with Crippen molar-refractivity contribution >= 4 is 23.2 Å². The van der Waals surface area contributed by atoms with Gasteiger partial charge >= 0.3 is 0 Å². The van der Waals surface area contributed by atoms with Crippen LogP contribution in [0.4, 0.5) is 11.4 Å². The zero-order valence-electron chi connectivity index (χ0n) is 22.1. The van der Waals surface area contributed by atoms with Gasteiger partial charge in [-0.05, 0) is 70.8 Å². The van der Waals surface area contributed by atoms with E-state index in [2.05, 4.69) is 29.4 Å². The van der Waals surface area contributed by atoms with Crippen LogP contribution in [0.5, 0.6) is 0 Å². The summed E-state index contributed by atoms with van der Waals surface area (Å²) in [6, 6.07) is 12.1. The highest BCUT2D eigenvalue weighted by Gasteiger charge is 2.27. The normalized spacial score (nSPS) is 11.5. The van der Waals surface area contributed by atoms with E-state index < -0.39 is 0 Å². The second kappa shape index (κ2) is 12.7. The van der Waals surface area contributed by atoms with Gasteiger partial charge in [-0.15, -0.1) is 0 Å². The van der Waals surface area contributed by atoms with Crippen molar-refractivity contribution in [1.29, 1.82) is 0 Å². The quantitative estimate of drug-likeness (QED) is 0.446. The molecule has 0 aliphatic rings. The molecule has 0 saturated carbocycles. The number of nitrogens with zero attached hydrogens (tertiary/aromatic N) is 2. The smallest absolute Gasteiger partial charge is 0.279 e. The van der Waals surface area contributed by atoms with Crippen LogP contribution in [0.15, 0.2) is 36.4 Å². The summed E-state index contributed by atoms with van der Waals surface area (Å²) in [5.41, 5.74) is 6.14. The van der Waals surface area contributed by atoms with Crippen LogP contribution in [0.25, 0.3) is 0 Å². The highest BCUT2D eigenvalue weighted by Crippen LogP contribution is 2.21. The van der Waals surface area contributed by atoms with Crippen molar-refractivity contribution in [1.82, 2.24) is 4.90 Å². The van der Waals surface area contributed by atoms with Crippen LogP contribution in [0.1, 0.15) is 42.5 Å². The Morgan fingerprint density at radius 1 is 0.794 bits per heavy atom. The number of carbonyl (C=O) groups excluding carboxylic acids is 2. The molecule has 0 atom stereocenters. The molecule has 186 valence electrons. The Balaban J connectivity index is 1.88. The number of quaternary nitrogens is 1. The van der Waals surface area contributed by atoms with Crippen LogP contribution in [0.2, 0.25) is 0 Å². The summed E-state index contributed by atoms with van der Waals surface area (Å²) >= 11 is 0. The molecule has 0 fully saturated rings. The minimum Gasteiger partial charge on any atom is -0.324 e. The molecular formula is C28H43N4O2+. The van der Waals surface area contributed by atoms with Crippen LogP contribution >= 0.6 is 0 Å². The molecule has 0 bridgehead atoms. The summed E-state index contributed by atoms with van der Waals surface area (Å²) < 4.78 is 0.735. The molecule has 0 heterocycles. The fourth-order valence-corrected chi connectivity index (χ4v) is 4.53. The first-order valence-electron chi connectivity index (χ1n) is 12.4.